The van der Waals surface area contributed by atoms with E-state index in [2.05, 4.69) is 0 Å². The van der Waals surface area contributed by atoms with Gasteiger partial charge in [-0.3, -0.25) is 4.79 Å². The Bertz CT molecular complexity index is 945. The van der Waals surface area contributed by atoms with Crippen LogP contribution in [0, 0.1) is 5.82 Å². The van der Waals surface area contributed by atoms with Crippen molar-refractivity contribution in [3.8, 4) is 16.9 Å². The van der Waals surface area contributed by atoms with Crippen molar-refractivity contribution in [1.82, 2.24) is 0 Å². The van der Waals surface area contributed by atoms with E-state index in [0.717, 1.165) is 24.6 Å². The van der Waals surface area contributed by atoms with Gasteiger partial charge in [0.15, 0.2) is 0 Å². The summed E-state index contributed by atoms with van der Waals surface area (Å²) >= 11 is 0. The molecule has 1 fully saturated rings. The number of methoxy groups -OCH3 is 1. The predicted molar refractivity (Wildman–Crippen MR) is 110 cm³/mol. The normalized spacial score (nSPS) is 19.6. The lowest BCUT2D eigenvalue weighted by Gasteiger charge is -2.41. The molecule has 8 heteroatoms. The van der Waals surface area contributed by atoms with Crippen LogP contribution in [0.2, 0.25) is 0 Å². The molecule has 0 unspecified atom stereocenters. The van der Waals surface area contributed by atoms with Crippen LogP contribution in [0.4, 0.5) is 23.2 Å². The number of carbonyl (C=O) groups excluding carboxylic acids is 1. The lowest BCUT2D eigenvalue weighted by atomic mass is 9.97. The molecular formula is C23H25F4NO3. The number of rotatable bonds is 6. The topological polar surface area (TPSA) is 38.8 Å². The van der Waals surface area contributed by atoms with Crippen LogP contribution in [0.25, 0.3) is 11.1 Å². The molecule has 1 heterocycles. The number of alkyl halides is 3. The van der Waals surface area contributed by atoms with E-state index in [1.165, 1.54) is 30.2 Å². The quantitative estimate of drug-likeness (QED) is 0.532. The third-order valence-electron chi connectivity index (χ3n) is 5.47. The molecule has 3 rings (SSSR count). The van der Waals surface area contributed by atoms with Gasteiger partial charge in [-0.25, -0.2) is 4.39 Å². The summed E-state index contributed by atoms with van der Waals surface area (Å²) in [5.74, 6) is -0.842. The zero-order valence-corrected chi connectivity index (χ0v) is 17.6. The zero-order valence-electron chi connectivity index (χ0n) is 17.6. The maximum atomic E-state index is 15.1. The van der Waals surface area contributed by atoms with E-state index in [4.69, 9.17) is 9.47 Å². The standard InChI is InChI=1S/C23H25F4NO3/c1-4-7-18-20(5-2)31-13-22(29)28(18)19-12-17(24)16(11-21(19)30-3)14-8-6-9-15(10-14)23(25,26)27/h6,8-12,18,20H,4-5,7,13H2,1-3H3/t18-,20-/m1/s1. The minimum atomic E-state index is -4.54. The van der Waals surface area contributed by atoms with Gasteiger partial charge in [0, 0.05) is 11.6 Å². The van der Waals surface area contributed by atoms with Crippen LogP contribution in [0.3, 0.4) is 0 Å². The molecule has 1 aliphatic heterocycles. The Hall–Kier alpha value is -2.61. The fourth-order valence-corrected chi connectivity index (χ4v) is 4.00. The van der Waals surface area contributed by atoms with E-state index in [1.807, 2.05) is 13.8 Å². The third-order valence-corrected chi connectivity index (χ3v) is 5.47. The highest BCUT2D eigenvalue weighted by atomic mass is 19.4. The van der Waals surface area contributed by atoms with Gasteiger partial charge in [0.1, 0.15) is 18.2 Å². The van der Waals surface area contributed by atoms with Gasteiger partial charge in [-0.15, -0.1) is 0 Å². The lowest BCUT2D eigenvalue weighted by Crippen LogP contribution is -2.54. The Morgan fingerprint density at radius 1 is 1.19 bits per heavy atom. The molecule has 2 aromatic carbocycles. The lowest BCUT2D eigenvalue weighted by molar-refractivity contribution is -0.137. The largest absolute Gasteiger partial charge is 0.495 e. The Morgan fingerprint density at radius 3 is 2.55 bits per heavy atom. The minimum Gasteiger partial charge on any atom is -0.495 e. The molecule has 1 aliphatic rings. The van der Waals surface area contributed by atoms with Crippen molar-refractivity contribution >= 4 is 11.6 Å². The molecule has 0 aliphatic carbocycles. The molecular weight excluding hydrogens is 414 g/mol. The van der Waals surface area contributed by atoms with Gasteiger partial charge < -0.3 is 14.4 Å². The minimum absolute atomic E-state index is 0.0357. The number of carbonyl (C=O) groups is 1. The molecule has 31 heavy (non-hydrogen) atoms. The average molecular weight is 439 g/mol. The number of anilines is 1. The Labute approximate surface area is 178 Å². The third kappa shape index (κ3) is 4.69. The number of hydrogen-bond acceptors (Lipinski definition) is 3. The first kappa shape index (κ1) is 23.1. The van der Waals surface area contributed by atoms with Crippen LogP contribution in [0.5, 0.6) is 5.75 Å². The number of ether oxygens (including phenoxy) is 2. The molecule has 0 radical (unpaired) electrons. The van der Waals surface area contributed by atoms with Crippen LogP contribution in [0.1, 0.15) is 38.7 Å². The first-order chi connectivity index (χ1) is 14.7. The highest BCUT2D eigenvalue weighted by molar-refractivity contribution is 5.97. The predicted octanol–water partition coefficient (Wildman–Crippen LogP) is 5.83. The summed E-state index contributed by atoms with van der Waals surface area (Å²) in [4.78, 5) is 14.2. The second kappa shape index (κ2) is 9.26. The molecule has 4 nitrogen and oxygen atoms in total. The van der Waals surface area contributed by atoms with E-state index in [1.54, 1.807) is 0 Å². The maximum Gasteiger partial charge on any atom is 0.416 e. The first-order valence-electron chi connectivity index (χ1n) is 10.2. The van der Waals surface area contributed by atoms with Gasteiger partial charge >= 0.3 is 6.18 Å². The number of nitrogens with zero attached hydrogens (tertiary/aromatic N) is 1. The Kier molecular flexibility index (Phi) is 6.89. The van der Waals surface area contributed by atoms with E-state index in [0.29, 0.717) is 12.8 Å². The smallest absolute Gasteiger partial charge is 0.416 e. The number of halogens is 4. The zero-order chi connectivity index (χ0) is 22.8. The molecule has 0 spiro atoms. The van der Waals surface area contributed by atoms with Crippen LogP contribution in [-0.4, -0.2) is 31.8 Å². The van der Waals surface area contributed by atoms with Gasteiger partial charge in [-0.2, -0.15) is 13.2 Å². The van der Waals surface area contributed by atoms with Crippen LogP contribution < -0.4 is 9.64 Å². The van der Waals surface area contributed by atoms with Crippen LogP contribution >= 0.6 is 0 Å². The molecule has 0 bridgehead atoms. The van der Waals surface area contributed by atoms with E-state index in [9.17, 15) is 18.0 Å². The highest BCUT2D eigenvalue weighted by Crippen LogP contribution is 2.40. The van der Waals surface area contributed by atoms with Crippen LogP contribution in [0.15, 0.2) is 36.4 Å². The summed E-state index contributed by atoms with van der Waals surface area (Å²) in [5.41, 5.74) is -0.584. The van der Waals surface area contributed by atoms with Crippen molar-refractivity contribution in [2.45, 2.75) is 51.4 Å². The van der Waals surface area contributed by atoms with Crippen molar-refractivity contribution in [3.05, 3.63) is 47.8 Å². The summed E-state index contributed by atoms with van der Waals surface area (Å²) in [6.45, 7) is 3.81. The first-order valence-corrected chi connectivity index (χ1v) is 10.2. The van der Waals surface area contributed by atoms with E-state index >= 15 is 4.39 Å². The summed E-state index contributed by atoms with van der Waals surface area (Å²) < 4.78 is 65.5. The van der Waals surface area contributed by atoms with E-state index < -0.39 is 17.6 Å². The van der Waals surface area contributed by atoms with Crippen molar-refractivity contribution in [1.29, 1.82) is 0 Å². The molecule has 1 saturated heterocycles. The molecule has 2 atom stereocenters. The number of amides is 1. The van der Waals surface area contributed by atoms with Gasteiger partial charge in [0.2, 0.25) is 0 Å². The maximum absolute atomic E-state index is 15.1. The molecule has 2 aromatic rings. The monoisotopic (exact) mass is 439 g/mol. The summed E-state index contributed by atoms with van der Waals surface area (Å²) in [7, 11) is 1.38. The van der Waals surface area contributed by atoms with Crippen molar-refractivity contribution < 1.29 is 31.8 Å². The molecule has 168 valence electrons. The molecule has 0 saturated carbocycles. The average Bonchev–Trinajstić information content (AvgIpc) is 2.74. The van der Waals surface area contributed by atoms with E-state index in [-0.39, 0.29) is 47.2 Å². The second-order valence-corrected chi connectivity index (χ2v) is 7.46. The molecule has 0 N–H and O–H groups in total. The number of morpholine rings is 1. The van der Waals surface area contributed by atoms with Gasteiger partial charge in [0.05, 0.1) is 30.5 Å². The summed E-state index contributed by atoms with van der Waals surface area (Å²) in [6, 6.07) is 6.67. The number of benzene rings is 2. The summed E-state index contributed by atoms with van der Waals surface area (Å²) in [5, 5.41) is 0. The van der Waals surface area contributed by atoms with Gasteiger partial charge in [-0.05, 0) is 36.6 Å². The van der Waals surface area contributed by atoms with Crippen LogP contribution in [-0.2, 0) is 15.7 Å². The fourth-order valence-electron chi connectivity index (χ4n) is 4.00. The fraction of sp³-hybridized carbons (Fsp3) is 0.435. The SMILES string of the molecule is CCC[C@@H]1[C@@H](CC)OCC(=O)N1c1cc(F)c(-c2cccc(C(F)(F)F)c2)cc1OC. The van der Waals surface area contributed by atoms with Gasteiger partial charge in [-0.1, -0.05) is 32.4 Å². The number of hydrogen-bond donors (Lipinski definition) is 0. The molecule has 0 aromatic heterocycles. The van der Waals surface area contributed by atoms with Crippen molar-refractivity contribution in [2.75, 3.05) is 18.6 Å². The van der Waals surface area contributed by atoms with Crippen molar-refractivity contribution in [2.24, 2.45) is 0 Å². The van der Waals surface area contributed by atoms with Gasteiger partial charge in [0.25, 0.3) is 5.91 Å². The van der Waals surface area contributed by atoms with Crippen molar-refractivity contribution in [3.63, 3.8) is 0 Å². The highest BCUT2D eigenvalue weighted by Gasteiger charge is 2.38. The Balaban J connectivity index is 2.10. The Morgan fingerprint density at radius 2 is 1.94 bits per heavy atom. The second-order valence-electron chi connectivity index (χ2n) is 7.46. The molecule has 1 amide bonds. The summed E-state index contributed by atoms with van der Waals surface area (Å²) in [6.07, 6.45) is -2.61.